The topological polar surface area (TPSA) is 167 Å². The lowest BCUT2D eigenvalue weighted by molar-refractivity contribution is -0.139. The van der Waals surface area contributed by atoms with Crippen molar-refractivity contribution in [2.45, 2.75) is 106 Å². The van der Waals surface area contributed by atoms with Crippen LogP contribution in [0.1, 0.15) is 88.6 Å². The highest BCUT2D eigenvalue weighted by Crippen LogP contribution is 2.36. The van der Waals surface area contributed by atoms with Gasteiger partial charge in [0.1, 0.15) is 23.2 Å². The number of ether oxygens (including phenoxy) is 4. The van der Waals surface area contributed by atoms with Crippen LogP contribution in [0.2, 0.25) is 0 Å². The predicted molar refractivity (Wildman–Crippen MR) is 186 cm³/mol. The lowest BCUT2D eigenvalue weighted by Crippen LogP contribution is -2.47. The Kier molecular flexibility index (Phi) is 11.8. The number of cyclic esters (lactones) is 1. The summed E-state index contributed by atoms with van der Waals surface area (Å²) in [6.07, 6.45) is -2.21. The van der Waals surface area contributed by atoms with E-state index in [0.717, 1.165) is 10.5 Å². The van der Waals surface area contributed by atoms with Gasteiger partial charge in [-0.05, 0) is 76.4 Å². The molecular formula is C37H49N3O10. The van der Waals surface area contributed by atoms with Gasteiger partial charge in [0, 0.05) is 23.6 Å². The smallest absolute Gasteiger partial charge is 0.417 e. The van der Waals surface area contributed by atoms with Crippen LogP contribution in [0.5, 0.6) is 17.2 Å². The van der Waals surface area contributed by atoms with Crippen LogP contribution in [0.15, 0.2) is 36.4 Å². The fourth-order valence-corrected chi connectivity index (χ4v) is 5.07. The van der Waals surface area contributed by atoms with Crippen molar-refractivity contribution in [3.8, 4) is 17.2 Å². The molecule has 2 unspecified atom stereocenters. The molecule has 4 amide bonds. The van der Waals surface area contributed by atoms with Gasteiger partial charge in [0.15, 0.2) is 17.5 Å². The minimum absolute atomic E-state index is 0.147. The van der Waals surface area contributed by atoms with Crippen LogP contribution >= 0.6 is 0 Å². The summed E-state index contributed by atoms with van der Waals surface area (Å²) in [5.74, 6) is -3.30. The molecule has 0 spiro atoms. The first-order valence-electron chi connectivity index (χ1n) is 16.4. The number of benzene rings is 2. The number of hydrogen-bond donors (Lipinski definition) is 2. The van der Waals surface area contributed by atoms with Gasteiger partial charge in [-0.25, -0.2) is 9.69 Å². The Hall–Kier alpha value is -4.94. The molecule has 13 nitrogen and oxygen atoms in total. The second-order valence-corrected chi connectivity index (χ2v) is 15.1. The van der Waals surface area contributed by atoms with Gasteiger partial charge in [-0.15, -0.1) is 0 Å². The van der Waals surface area contributed by atoms with Crippen LogP contribution in [0.4, 0.5) is 16.2 Å². The molecule has 0 aromatic heterocycles. The van der Waals surface area contributed by atoms with E-state index in [9.17, 15) is 28.8 Å². The van der Waals surface area contributed by atoms with Crippen molar-refractivity contribution in [2.75, 3.05) is 17.2 Å². The van der Waals surface area contributed by atoms with Gasteiger partial charge in [-0.2, -0.15) is 0 Å². The van der Waals surface area contributed by atoms with Crippen LogP contribution in [0, 0.1) is 11.3 Å². The van der Waals surface area contributed by atoms with E-state index < -0.39 is 70.6 Å². The molecule has 0 radical (unpaired) electrons. The molecule has 0 bridgehead atoms. The number of carbonyl (C=O) groups excluding carboxylic acids is 6. The number of Topliss-reactive ketones (excluding diaryl/α,β-unsaturated/α-hetero) is 1. The molecule has 1 aliphatic rings. The molecule has 1 fully saturated rings. The Bertz CT molecular complexity index is 1670. The van der Waals surface area contributed by atoms with Gasteiger partial charge in [-0.1, -0.05) is 41.5 Å². The van der Waals surface area contributed by atoms with Gasteiger partial charge in [0.05, 0.1) is 18.3 Å². The monoisotopic (exact) mass is 695 g/mol. The summed E-state index contributed by atoms with van der Waals surface area (Å²) in [6.45, 7) is 19.6. The number of nitrogens with one attached hydrogen (secondary N) is 2. The molecule has 3 rings (SSSR count). The number of imide groups is 1. The lowest BCUT2D eigenvalue weighted by Gasteiger charge is -2.27. The summed E-state index contributed by atoms with van der Waals surface area (Å²) in [5.41, 5.74) is -1.67. The highest BCUT2D eigenvalue weighted by atomic mass is 16.6. The van der Waals surface area contributed by atoms with Crippen LogP contribution in [-0.4, -0.2) is 64.8 Å². The van der Waals surface area contributed by atoms with E-state index in [1.807, 2.05) is 20.8 Å². The zero-order chi connectivity index (χ0) is 37.9. The average molecular weight is 696 g/mol. The Balaban J connectivity index is 1.87. The molecule has 2 N–H and O–H groups in total. The number of rotatable bonds is 12. The molecule has 1 saturated heterocycles. The number of carbonyl (C=O) groups is 6. The predicted octanol–water partition coefficient (Wildman–Crippen LogP) is 6.03. The van der Waals surface area contributed by atoms with Crippen molar-refractivity contribution in [1.29, 1.82) is 0 Å². The molecule has 0 aliphatic carbocycles. The molecule has 1 heterocycles. The fourth-order valence-electron chi connectivity index (χ4n) is 5.07. The van der Waals surface area contributed by atoms with Crippen LogP contribution in [0.25, 0.3) is 0 Å². The summed E-state index contributed by atoms with van der Waals surface area (Å²) in [6, 6.07) is 9.56. The van der Waals surface area contributed by atoms with E-state index in [2.05, 4.69) is 10.6 Å². The molecule has 2 aromatic carbocycles. The highest BCUT2D eigenvalue weighted by molar-refractivity contribution is 6.11. The normalized spacial score (nSPS) is 15.6. The molecule has 2 atom stereocenters. The van der Waals surface area contributed by atoms with Crippen LogP contribution in [-0.2, 0) is 34.1 Å². The average Bonchev–Trinajstić information content (AvgIpc) is 3.16. The molecule has 13 heteroatoms. The minimum Gasteiger partial charge on any atom is -0.489 e. The second-order valence-electron chi connectivity index (χ2n) is 15.1. The summed E-state index contributed by atoms with van der Waals surface area (Å²) in [5, 5.41) is 5.49. The standard InChI is InChI=1S/C37H49N3O10/c1-20(2)47-29-15-13-23(38-31(43)21(3)48-24-14-16-28(49-22(4)41)26(18-24)35(5,6)7)17-27(29)39-32(44)25(30(42)36(8,9)10)19-40-33(45)37(11,12)50-34(40)46/h13-18,20-21,25H,19H2,1-12H3,(H,38,43)(H,39,44). The molecular weight excluding hydrogens is 646 g/mol. The Morgan fingerprint density at radius 3 is 2.00 bits per heavy atom. The minimum atomic E-state index is -1.44. The zero-order valence-corrected chi connectivity index (χ0v) is 30.9. The van der Waals surface area contributed by atoms with Crippen molar-refractivity contribution in [1.82, 2.24) is 4.90 Å². The summed E-state index contributed by atoms with van der Waals surface area (Å²) >= 11 is 0. The van der Waals surface area contributed by atoms with E-state index in [1.165, 1.54) is 26.8 Å². The molecule has 2 aromatic rings. The van der Waals surface area contributed by atoms with E-state index in [0.29, 0.717) is 11.5 Å². The second kappa shape index (κ2) is 14.9. The van der Waals surface area contributed by atoms with Gasteiger partial charge in [-0.3, -0.25) is 24.0 Å². The van der Waals surface area contributed by atoms with Gasteiger partial charge >= 0.3 is 12.1 Å². The van der Waals surface area contributed by atoms with Crippen molar-refractivity contribution in [3.05, 3.63) is 42.0 Å². The number of hydrogen-bond acceptors (Lipinski definition) is 10. The van der Waals surface area contributed by atoms with Crippen molar-refractivity contribution in [3.63, 3.8) is 0 Å². The number of anilines is 2. The van der Waals surface area contributed by atoms with Gasteiger partial charge < -0.3 is 29.6 Å². The first-order chi connectivity index (χ1) is 22.9. The first-order valence-corrected chi connectivity index (χ1v) is 16.4. The van der Waals surface area contributed by atoms with Crippen molar-refractivity contribution < 1.29 is 47.7 Å². The third-order valence-corrected chi connectivity index (χ3v) is 7.62. The summed E-state index contributed by atoms with van der Waals surface area (Å²) in [7, 11) is 0. The first kappa shape index (κ1) is 39.5. The Morgan fingerprint density at radius 2 is 1.48 bits per heavy atom. The van der Waals surface area contributed by atoms with Gasteiger partial charge in [0.2, 0.25) is 5.91 Å². The van der Waals surface area contributed by atoms with E-state index >= 15 is 0 Å². The van der Waals surface area contributed by atoms with Crippen molar-refractivity contribution >= 4 is 46.9 Å². The van der Waals surface area contributed by atoms with E-state index in [4.69, 9.17) is 18.9 Å². The molecule has 50 heavy (non-hydrogen) atoms. The maximum absolute atomic E-state index is 13.8. The van der Waals surface area contributed by atoms with Crippen molar-refractivity contribution in [2.24, 2.45) is 11.3 Å². The lowest BCUT2D eigenvalue weighted by atomic mass is 9.82. The molecule has 0 saturated carbocycles. The van der Waals surface area contributed by atoms with Gasteiger partial charge in [0.25, 0.3) is 11.8 Å². The molecule has 1 aliphatic heterocycles. The maximum Gasteiger partial charge on any atom is 0.417 e. The largest absolute Gasteiger partial charge is 0.489 e. The summed E-state index contributed by atoms with van der Waals surface area (Å²) in [4.78, 5) is 78.4. The highest BCUT2D eigenvalue weighted by Gasteiger charge is 2.49. The maximum atomic E-state index is 13.8. The number of nitrogens with zero attached hydrogens (tertiary/aromatic N) is 1. The number of ketones is 1. The van der Waals surface area contributed by atoms with Crippen LogP contribution < -0.4 is 24.8 Å². The third kappa shape index (κ3) is 9.82. The number of amides is 4. The van der Waals surface area contributed by atoms with Crippen LogP contribution in [0.3, 0.4) is 0 Å². The zero-order valence-electron chi connectivity index (χ0n) is 30.9. The Labute approximate surface area is 293 Å². The fraction of sp³-hybridized carbons (Fsp3) is 0.514. The molecule has 272 valence electrons. The number of esters is 1. The quantitative estimate of drug-likeness (QED) is 0.152. The SMILES string of the molecule is CC(=O)Oc1ccc(OC(C)C(=O)Nc2ccc(OC(C)C)c(NC(=O)C(CN3C(=O)OC(C)(C)C3=O)C(=O)C(C)(C)C)c2)cc1C(C)(C)C. The summed E-state index contributed by atoms with van der Waals surface area (Å²) < 4.78 is 22.4. The Morgan fingerprint density at radius 1 is 0.860 bits per heavy atom. The third-order valence-electron chi connectivity index (χ3n) is 7.62. The van der Waals surface area contributed by atoms with E-state index in [1.54, 1.807) is 71.9 Å². The van der Waals surface area contributed by atoms with E-state index in [-0.39, 0.29) is 23.2 Å².